The maximum atomic E-state index is 5.77. The first-order chi connectivity index (χ1) is 9.72. The van der Waals surface area contributed by atoms with Crippen LogP contribution in [0.25, 0.3) is 0 Å². The van der Waals surface area contributed by atoms with Gasteiger partial charge in [0.2, 0.25) is 0 Å². The van der Waals surface area contributed by atoms with Crippen LogP contribution in [0.15, 0.2) is 34.9 Å². The summed E-state index contributed by atoms with van der Waals surface area (Å²) < 4.78 is 5.77. The zero-order valence-corrected chi connectivity index (χ0v) is 12.6. The minimum Gasteiger partial charge on any atom is -0.465 e. The standard InChI is InChI=1S/C17H24N2O/c1-4-10-18-16(17-9-6-13(3)20-17)11-15-8-7-14(5-2)12-19-15/h6-9,12,16,18H,4-5,10-11H2,1-3H3. The SMILES string of the molecule is CCCNC(Cc1ccc(CC)cn1)c1ccc(C)o1. The molecule has 0 bridgehead atoms. The number of nitrogens with zero attached hydrogens (tertiary/aromatic N) is 1. The summed E-state index contributed by atoms with van der Waals surface area (Å²) in [5, 5.41) is 3.54. The number of pyridine rings is 1. The van der Waals surface area contributed by atoms with E-state index in [9.17, 15) is 0 Å². The molecule has 2 aromatic heterocycles. The molecule has 20 heavy (non-hydrogen) atoms. The van der Waals surface area contributed by atoms with Crippen LogP contribution >= 0.6 is 0 Å². The van der Waals surface area contributed by atoms with Crippen molar-refractivity contribution in [3.05, 3.63) is 53.2 Å². The van der Waals surface area contributed by atoms with Crippen LogP contribution in [0, 0.1) is 6.92 Å². The molecule has 0 amide bonds. The van der Waals surface area contributed by atoms with E-state index in [1.807, 2.05) is 19.2 Å². The second-order valence-electron chi connectivity index (χ2n) is 5.17. The maximum Gasteiger partial charge on any atom is 0.121 e. The highest BCUT2D eigenvalue weighted by Crippen LogP contribution is 2.20. The summed E-state index contributed by atoms with van der Waals surface area (Å²) in [6, 6.07) is 8.55. The van der Waals surface area contributed by atoms with Crippen LogP contribution in [-0.2, 0) is 12.8 Å². The highest BCUT2D eigenvalue weighted by atomic mass is 16.3. The zero-order valence-electron chi connectivity index (χ0n) is 12.6. The Morgan fingerprint density at radius 2 is 2.05 bits per heavy atom. The molecule has 0 radical (unpaired) electrons. The lowest BCUT2D eigenvalue weighted by atomic mass is 10.1. The van der Waals surface area contributed by atoms with E-state index in [4.69, 9.17) is 4.42 Å². The fourth-order valence-corrected chi connectivity index (χ4v) is 2.23. The number of furan rings is 1. The van der Waals surface area contributed by atoms with Gasteiger partial charge in [-0.1, -0.05) is 19.9 Å². The molecule has 1 N–H and O–H groups in total. The van der Waals surface area contributed by atoms with Crippen LogP contribution in [-0.4, -0.2) is 11.5 Å². The summed E-state index contributed by atoms with van der Waals surface area (Å²) in [6.45, 7) is 7.28. The molecule has 1 unspecified atom stereocenters. The highest BCUT2D eigenvalue weighted by Gasteiger charge is 2.15. The summed E-state index contributed by atoms with van der Waals surface area (Å²) in [4.78, 5) is 4.55. The van der Waals surface area contributed by atoms with Gasteiger partial charge in [-0.05, 0) is 50.1 Å². The zero-order chi connectivity index (χ0) is 14.4. The lowest BCUT2D eigenvalue weighted by Crippen LogP contribution is -2.24. The summed E-state index contributed by atoms with van der Waals surface area (Å²) in [7, 11) is 0. The van der Waals surface area contributed by atoms with Crippen LogP contribution in [0.4, 0.5) is 0 Å². The van der Waals surface area contributed by atoms with E-state index in [1.54, 1.807) is 0 Å². The first-order valence-corrected chi connectivity index (χ1v) is 7.46. The molecule has 0 saturated carbocycles. The molecule has 0 aliphatic heterocycles. The summed E-state index contributed by atoms with van der Waals surface area (Å²) in [5.41, 5.74) is 2.38. The molecule has 0 saturated heterocycles. The van der Waals surface area contributed by atoms with Crippen molar-refractivity contribution < 1.29 is 4.42 Å². The van der Waals surface area contributed by atoms with E-state index < -0.39 is 0 Å². The van der Waals surface area contributed by atoms with Crippen LogP contribution in [0.1, 0.15) is 49.1 Å². The molecule has 2 aromatic rings. The van der Waals surface area contributed by atoms with Gasteiger partial charge in [-0.2, -0.15) is 0 Å². The van der Waals surface area contributed by atoms with Gasteiger partial charge in [0.15, 0.2) is 0 Å². The molecule has 0 fully saturated rings. The average molecular weight is 272 g/mol. The van der Waals surface area contributed by atoms with Gasteiger partial charge in [-0.3, -0.25) is 4.98 Å². The Morgan fingerprint density at radius 1 is 1.20 bits per heavy atom. The predicted octanol–water partition coefficient (Wildman–Crippen LogP) is 3.83. The second-order valence-corrected chi connectivity index (χ2v) is 5.17. The summed E-state index contributed by atoms with van der Waals surface area (Å²) in [6.07, 6.45) is 4.97. The first kappa shape index (κ1) is 14.8. The fourth-order valence-electron chi connectivity index (χ4n) is 2.23. The molecular weight excluding hydrogens is 248 g/mol. The van der Waals surface area contributed by atoms with Crippen molar-refractivity contribution in [3.63, 3.8) is 0 Å². The van der Waals surface area contributed by atoms with Crippen LogP contribution in [0.5, 0.6) is 0 Å². The summed E-state index contributed by atoms with van der Waals surface area (Å²) >= 11 is 0. The van der Waals surface area contributed by atoms with E-state index >= 15 is 0 Å². The molecule has 0 aliphatic rings. The fraction of sp³-hybridized carbons (Fsp3) is 0.471. The van der Waals surface area contributed by atoms with Crippen LogP contribution in [0.2, 0.25) is 0 Å². The molecular formula is C17H24N2O. The minimum atomic E-state index is 0.198. The molecule has 0 aromatic carbocycles. The monoisotopic (exact) mass is 272 g/mol. The van der Waals surface area contributed by atoms with Crippen LogP contribution < -0.4 is 5.32 Å². The van der Waals surface area contributed by atoms with E-state index in [-0.39, 0.29) is 6.04 Å². The Labute approximate surface area is 121 Å². The van der Waals surface area contributed by atoms with E-state index in [0.29, 0.717) is 0 Å². The van der Waals surface area contributed by atoms with Gasteiger partial charge in [0, 0.05) is 18.3 Å². The Bertz CT molecular complexity index is 516. The molecule has 3 nitrogen and oxygen atoms in total. The number of nitrogens with one attached hydrogen (secondary N) is 1. The minimum absolute atomic E-state index is 0.198. The van der Waals surface area contributed by atoms with Crippen molar-refractivity contribution in [3.8, 4) is 0 Å². The van der Waals surface area contributed by atoms with Gasteiger partial charge in [0.05, 0.1) is 6.04 Å². The van der Waals surface area contributed by atoms with Crippen molar-refractivity contribution >= 4 is 0 Å². The van der Waals surface area contributed by atoms with Gasteiger partial charge >= 0.3 is 0 Å². The third kappa shape index (κ3) is 3.94. The molecule has 0 spiro atoms. The number of aryl methyl sites for hydroxylation is 2. The van der Waals surface area contributed by atoms with Gasteiger partial charge in [-0.25, -0.2) is 0 Å². The summed E-state index contributed by atoms with van der Waals surface area (Å²) in [5.74, 6) is 1.95. The third-order valence-electron chi connectivity index (χ3n) is 3.45. The highest BCUT2D eigenvalue weighted by molar-refractivity contribution is 5.17. The Balaban J connectivity index is 2.10. The Kier molecular flexibility index (Phi) is 5.36. The molecule has 1 atom stereocenters. The van der Waals surface area contributed by atoms with Crippen molar-refractivity contribution in [2.75, 3.05) is 6.54 Å². The number of hydrogen-bond donors (Lipinski definition) is 1. The molecule has 3 heteroatoms. The van der Waals surface area contributed by atoms with Gasteiger partial charge in [-0.15, -0.1) is 0 Å². The quantitative estimate of drug-likeness (QED) is 0.832. The Hall–Kier alpha value is -1.61. The van der Waals surface area contributed by atoms with Crippen LogP contribution in [0.3, 0.4) is 0 Å². The first-order valence-electron chi connectivity index (χ1n) is 7.46. The number of aromatic nitrogens is 1. The van der Waals surface area contributed by atoms with Crippen molar-refractivity contribution in [2.24, 2.45) is 0 Å². The lowest BCUT2D eigenvalue weighted by Gasteiger charge is -2.16. The van der Waals surface area contributed by atoms with Crippen molar-refractivity contribution in [1.29, 1.82) is 0 Å². The normalized spacial score (nSPS) is 12.6. The van der Waals surface area contributed by atoms with E-state index in [0.717, 1.165) is 43.0 Å². The Morgan fingerprint density at radius 3 is 2.60 bits per heavy atom. The molecule has 2 rings (SSSR count). The lowest BCUT2D eigenvalue weighted by molar-refractivity contribution is 0.396. The molecule has 2 heterocycles. The van der Waals surface area contributed by atoms with Gasteiger partial charge in [0.25, 0.3) is 0 Å². The molecule has 108 valence electrons. The topological polar surface area (TPSA) is 38.1 Å². The average Bonchev–Trinajstić information content (AvgIpc) is 2.90. The predicted molar refractivity (Wildman–Crippen MR) is 81.8 cm³/mol. The number of hydrogen-bond acceptors (Lipinski definition) is 3. The third-order valence-corrected chi connectivity index (χ3v) is 3.45. The smallest absolute Gasteiger partial charge is 0.121 e. The van der Waals surface area contributed by atoms with E-state index in [1.165, 1.54) is 5.56 Å². The molecule has 0 aliphatic carbocycles. The van der Waals surface area contributed by atoms with Gasteiger partial charge < -0.3 is 9.73 Å². The van der Waals surface area contributed by atoms with Gasteiger partial charge in [0.1, 0.15) is 11.5 Å². The second kappa shape index (κ2) is 7.25. The van der Waals surface area contributed by atoms with Crippen molar-refractivity contribution in [1.82, 2.24) is 10.3 Å². The van der Waals surface area contributed by atoms with E-state index in [2.05, 4.69) is 42.3 Å². The maximum absolute atomic E-state index is 5.77. The number of rotatable bonds is 7. The largest absolute Gasteiger partial charge is 0.465 e. The van der Waals surface area contributed by atoms with Crippen molar-refractivity contribution in [2.45, 2.75) is 46.1 Å².